The molecule has 0 aliphatic carbocycles. The second-order valence-corrected chi connectivity index (χ2v) is 7.79. The van der Waals surface area contributed by atoms with Gasteiger partial charge >= 0.3 is 5.56 Å². The fourth-order valence-corrected chi connectivity index (χ4v) is 3.67. The highest BCUT2D eigenvalue weighted by molar-refractivity contribution is 7.98. The van der Waals surface area contributed by atoms with Gasteiger partial charge in [0.05, 0.1) is 0 Å². The molecule has 0 fully saturated rings. The number of aromatic nitrogens is 3. The van der Waals surface area contributed by atoms with Crippen LogP contribution in [0.1, 0.15) is 11.1 Å². The number of aryl methyl sites for hydroxylation is 1. The Morgan fingerprint density at radius 2 is 1.71 bits per heavy atom. The summed E-state index contributed by atoms with van der Waals surface area (Å²) >= 11 is 1.36. The fourth-order valence-electron chi connectivity index (χ4n) is 2.88. The van der Waals surface area contributed by atoms with Gasteiger partial charge in [-0.05, 0) is 48.9 Å². The van der Waals surface area contributed by atoms with E-state index < -0.39 is 5.56 Å². The first-order chi connectivity index (χ1) is 15.1. The lowest BCUT2D eigenvalue weighted by Crippen LogP contribution is -2.32. The summed E-state index contributed by atoms with van der Waals surface area (Å²) in [6.45, 7) is 2.04. The van der Waals surface area contributed by atoms with E-state index >= 15 is 0 Å². The summed E-state index contributed by atoms with van der Waals surface area (Å²) in [6.07, 6.45) is 0. The van der Waals surface area contributed by atoms with Crippen LogP contribution in [0.5, 0.6) is 11.5 Å². The van der Waals surface area contributed by atoms with Crippen molar-refractivity contribution in [3.05, 3.63) is 100 Å². The van der Waals surface area contributed by atoms with Gasteiger partial charge in [0, 0.05) is 11.4 Å². The largest absolute Gasteiger partial charge is 0.457 e. The van der Waals surface area contributed by atoms with E-state index in [0.29, 0.717) is 22.3 Å². The van der Waals surface area contributed by atoms with Gasteiger partial charge in [0.2, 0.25) is 11.0 Å². The van der Waals surface area contributed by atoms with Crippen molar-refractivity contribution in [2.45, 2.75) is 17.8 Å². The minimum atomic E-state index is -0.452. The van der Waals surface area contributed by atoms with E-state index in [1.54, 1.807) is 24.3 Å². The van der Waals surface area contributed by atoms with Crippen LogP contribution >= 0.6 is 11.8 Å². The van der Waals surface area contributed by atoms with Gasteiger partial charge < -0.3 is 15.9 Å². The number of rotatable bonds is 7. The standard InChI is InChI=1S/C23H21N5O2S/c1-16-6-5-7-17(14-16)15-31-23-27-26-21(22(29)28(23)24)25-18-10-12-20(13-11-18)30-19-8-3-2-4-9-19/h2-14H,15,24H2,1H3,(H,25,26). The van der Waals surface area contributed by atoms with E-state index in [1.165, 1.54) is 17.3 Å². The Morgan fingerprint density at radius 3 is 2.45 bits per heavy atom. The van der Waals surface area contributed by atoms with E-state index in [4.69, 9.17) is 10.6 Å². The molecular weight excluding hydrogens is 410 g/mol. The average molecular weight is 432 g/mol. The zero-order chi connectivity index (χ0) is 21.6. The lowest BCUT2D eigenvalue weighted by Gasteiger charge is -2.10. The van der Waals surface area contributed by atoms with Crippen LogP contribution in [0.15, 0.2) is 88.8 Å². The molecule has 7 nitrogen and oxygen atoms in total. The van der Waals surface area contributed by atoms with Crippen molar-refractivity contribution in [3.63, 3.8) is 0 Å². The number of nitrogens with zero attached hydrogens (tertiary/aromatic N) is 3. The Morgan fingerprint density at radius 1 is 0.968 bits per heavy atom. The number of nitrogens with one attached hydrogen (secondary N) is 1. The van der Waals surface area contributed by atoms with Crippen LogP contribution in [-0.2, 0) is 5.75 Å². The third kappa shape index (κ3) is 5.23. The zero-order valence-corrected chi connectivity index (χ0v) is 17.7. The predicted octanol–water partition coefficient (Wildman–Crippen LogP) is 4.49. The molecule has 156 valence electrons. The number of hydrogen-bond acceptors (Lipinski definition) is 7. The van der Waals surface area contributed by atoms with Crippen LogP contribution in [0.25, 0.3) is 0 Å². The van der Waals surface area contributed by atoms with Crippen LogP contribution in [-0.4, -0.2) is 14.9 Å². The molecule has 0 saturated heterocycles. The molecular formula is C23H21N5O2S. The number of nitrogens with two attached hydrogens (primary N) is 1. The van der Waals surface area contributed by atoms with Crippen molar-refractivity contribution in [1.82, 2.24) is 14.9 Å². The molecule has 0 unspecified atom stereocenters. The summed E-state index contributed by atoms with van der Waals surface area (Å²) in [7, 11) is 0. The predicted molar refractivity (Wildman–Crippen MR) is 123 cm³/mol. The number of para-hydroxylation sites is 1. The van der Waals surface area contributed by atoms with Gasteiger partial charge in [-0.2, -0.15) is 4.68 Å². The molecule has 8 heteroatoms. The first-order valence-electron chi connectivity index (χ1n) is 9.61. The summed E-state index contributed by atoms with van der Waals surface area (Å²) in [5, 5.41) is 11.4. The van der Waals surface area contributed by atoms with Gasteiger partial charge in [0.25, 0.3) is 0 Å². The molecule has 1 heterocycles. The summed E-state index contributed by atoms with van der Waals surface area (Å²) in [4.78, 5) is 12.6. The first-order valence-corrected chi connectivity index (χ1v) is 10.6. The molecule has 0 atom stereocenters. The van der Waals surface area contributed by atoms with E-state index in [0.717, 1.165) is 16.0 Å². The zero-order valence-electron chi connectivity index (χ0n) is 16.9. The molecule has 0 aliphatic heterocycles. The van der Waals surface area contributed by atoms with Crippen molar-refractivity contribution in [2.75, 3.05) is 11.2 Å². The molecule has 0 saturated carbocycles. The number of hydrogen-bond donors (Lipinski definition) is 2. The van der Waals surface area contributed by atoms with Crippen molar-refractivity contribution in [2.24, 2.45) is 0 Å². The highest BCUT2D eigenvalue weighted by Crippen LogP contribution is 2.24. The fraction of sp³-hybridized carbons (Fsp3) is 0.0870. The molecule has 4 aromatic rings. The second-order valence-electron chi connectivity index (χ2n) is 6.85. The minimum Gasteiger partial charge on any atom is -0.457 e. The molecule has 31 heavy (non-hydrogen) atoms. The van der Waals surface area contributed by atoms with Gasteiger partial charge in [-0.25, -0.2) is 0 Å². The smallest absolute Gasteiger partial charge is 0.315 e. The van der Waals surface area contributed by atoms with Crippen molar-refractivity contribution < 1.29 is 4.74 Å². The van der Waals surface area contributed by atoms with Crippen LogP contribution in [0, 0.1) is 6.92 Å². The summed E-state index contributed by atoms with van der Waals surface area (Å²) < 4.78 is 6.79. The Labute approximate surface area is 183 Å². The SMILES string of the molecule is Cc1cccc(CSc2nnc(Nc3ccc(Oc4ccccc4)cc3)c(=O)n2N)c1. The maximum atomic E-state index is 12.6. The topological polar surface area (TPSA) is 95.1 Å². The normalized spacial score (nSPS) is 10.6. The molecule has 0 bridgehead atoms. The quantitative estimate of drug-likeness (QED) is 0.329. The third-order valence-corrected chi connectivity index (χ3v) is 5.42. The van der Waals surface area contributed by atoms with Gasteiger partial charge in [0.1, 0.15) is 11.5 Å². The Kier molecular flexibility index (Phi) is 6.18. The maximum absolute atomic E-state index is 12.6. The molecule has 1 aromatic heterocycles. The summed E-state index contributed by atoms with van der Waals surface area (Å²) in [5.74, 6) is 8.09. The molecule has 0 spiro atoms. The first kappa shape index (κ1) is 20.5. The van der Waals surface area contributed by atoms with E-state index in [-0.39, 0.29) is 5.82 Å². The van der Waals surface area contributed by atoms with Crippen LogP contribution in [0.4, 0.5) is 11.5 Å². The number of ether oxygens (including phenoxy) is 1. The minimum absolute atomic E-state index is 0.0548. The summed E-state index contributed by atoms with van der Waals surface area (Å²) in [5.41, 5.74) is 2.52. The van der Waals surface area contributed by atoms with E-state index in [2.05, 4.69) is 21.6 Å². The molecule has 0 aliphatic rings. The number of anilines is 2. The van der Waals surface area contributed by atoms with E-state index in [9.17, 15) is 4.79 Å². The highest BCUT2D eigenvalue weighted by atomic mass is 32.2. The van der Waals surface area contributed by atoms with Crippen molar-refractivity contribution in [1.29, 1.82) is 0 Å². The molecule has 0 amide bonds. The number of thioether (sulfide) groups is 1. The molecule has 4 rings (SSSR count). The Hall–Kier alpha value is -3.78. The van der Waals surface area contributed by atoms with Gasteiger partial charge in [-0.1, -0.05) is 59.8 Å². The number of benzene rings is 3. The lowest BCUT2D eigenvalue weighted by molar-refractivity contribution is 0.483. The molecule has 0 radical (unpaired) electrons. The van der Waals surface area contributed by atoms with Crippen LogP contribution in [0.3, 0.4) is 0 Å². The molecule has 3 N–H and O–H groups in total. The van der Waals surface area contributed by atoms with Gasteiger partial charge in [0.15, 0.2) is 0 Å². The van der Waals surface area contributed by atoms with E-state index in [1.807, 2.05) is 55.5 Å². The second kappa shape index (κ2) is 9.36. The van der Waals surface area contributed by atoms with Gasteiger partial charge in [-0.3, -0.25) is 4.79 Å². The van der Waals surface area contributed by atoms with Crippen molar-refractivity contribution >= 4 is 23.3 Å². The van der Waals surface area contributed by atoms with Crippen LogP contribution in [0.2, 0.25) is 0 Å². The maximum Gasteiger partial charge on any atom is 0.315 e. The number of nitrogen functional groups attached to an aromatic ring is 1. The molecule has 3 aromatic carbocycles. The van der Waals surface area contributed by atoms with Crippen LogP contribution < -0.4 is 21.5 Å². The average Bonchev–Trinajstić information content (AvgIpc) is 2.78. The Balaban J connectivity index is 1.43. The highest BCUT2D eigenvalue weighted by Gasteiger charge is 2.11. The monoisotopic (exact) mass is 431 g/mol. The van der Waals surface area contributed by atoms with Crippen molar-refractivity contribution in [3.8, 4) is 11.5 Å². The van der Waals surface area contributed by atoms with Gasteiger partial charge in [-0.15, -0.1) is 10.2 Å². The lowest BCUT2D eigenvalue weighted by atomic mass is 10.2. The summed E-state index contributed by atoms with van der Waals surface area (Å²) in [6, 6.07) is 24.8. The Bertz CT molecular complexity index is 1230. The third-order valence-electron chi connectivity index (χ3n) is 4.41.